The average molecular weight is 226 g/mol. The van der Waals surface area contributed by atoms with E-state index < -0.39 is 0 Å². The van der Waals surface area contributed by atoms with Crippen molar-refractivity contribution in [1.29, 1.82) is 0 Å². The molecule has 72 valence electrons. The maximum absolute atomic E-state index is 5.37. The van der Waals surface area contributed by atoms with Crippen LogP contribution in [0.15, 0.2) is 11.7 Å². The molecule has 0 saturated heterocycles. The van der Waals surface area contributed by atoms with E-state index in [4.69, 9.17) is 18.0 Å². The molecule has 14 heavy (non-hydrogen) atoms. The molecule has 0 aliphatic rings. The predicted molar refractivity (Wildman–Crippen MR) is 54.9 cm³/mol. The van der Waals surface area contributed by atoms with Gasteiger partial charge in [-0.15, -0.1) is 10.2 Å². The fourth-order valence-corrected chi connectivity index (χ4v) is 1.44. The van der Waals surface area contributed by atoms with E-state index in [0.717, 1.165) is 5.69 Å². The number of nitrogens with two attached hydrogens (primary N) is 1. The predicted octanol–water partition coefficient (Wildman–Crippen LogP) is -0.188. The zero-order valence-electron chi connectivity index (χ0n) is 6.99. The fraction of sp³-hybridized carbons (Fsp3) is 0.167. The third-order valence-corrected chi connectivity index (χ3v) is 2.22. The van der Waals surface area contributed by atoms with Crippen LogP contribution >= 0.6 is 23.8 Å². The summed E-state index contributed by atoms with van der Waals surface area (Å²) in [5, 5.41) is 9.79. The first-order chi connectivity index (χ1) is 6.75. The number of aromatic nitrogens is 5. The molecule has 2 N–H and O–H groups in total. The molecule has 0 aliphatic carbocycles. The van der Waals surface area contributed by atoms with Gasteiger partial charge in [0.15, 0.2) is 0 Å². The van der Waals surface area contributed by atoms with Crippen LogP contribution in [0.4, 0.5) is 0 Å². The number of hydrogen-bond donors (Lipinski definition) is 1. The second-order valence-corrected chi connectivity index (χ2v) is 3.58. The smallest absolute Gasteiger partial charge is 0.208 e. The minimum atomic E-state index is 0.195. The third-order valence-electron chi connectivity index (χ3n) is 1.49. The molecule has 2 aromatic heterocycles. The van der Waals surface area contributed by atoms with Crippen LogP contribution in [0.5, 0.6) is 0 Å². The SMILES string of the molecule is NC(=S)c1ncn(Cc2csnn2)n1. The number of thiocarbonyl (C=S) groups is 1. The van der Waals surface area contributed by atoms with Gasteiger partial charge >= 0.3 is 0 Å². The summed E-state index contributed by atoms with van der Waals surface area (Å²) < 4.78 is 5.36. The van der Waals surface area contributed by atoms with E-state index in [1.165, 1.54) is 11.5 Å². The van der Waals surface area contributed by atoms with Crippen molar-refractivity contribution in [3.05, 3.63) is 23.2 Å². The summed E-state index contributed by atoms with van der Waals surface area (Å²) in [5.41, 5.74) is 6.21. The fourth-order valence-electron chi connectivity index (χ4n) is 0.903. The highest BCUT2D eigenvalue weighted by atomic mass is 32.1. The van der Waals surface area contributed by atoms with Crippen molar-refractivity contribution in [2.75, 3.05) is 0 Å². The Hall–Kier alpha value is -1.41. The molecule has 8 heteroatoms. The summed E-state index contributed by atoms with van der Waals surface area (Å²) in [6, 6.07) is 0. The van der Waals surface area contributed by atoms with Crippen molar-refractivity contribution in [2.24, 2.45) is 5.73 Å². The Balaban J connectivity index is 2.14. The van der Waals surface area contributed by atoms with Gasteiger partial charge in [0.05, 0.1) is 12.2 Å². The van der Waals surface area contributed by atoms with Gasteiger partial charge in [0.2, 0.25) is 5.82 Å². The molecular formula is C6H6N6S2. The van der Waals surface area contributed by atoms with Crippen LogP contribution < -0.4 is 5.73 Å². The molecule has 0 unspecified atom stereocenters. The molecule has 0 atom stereocenters. The maximum Gasteiger partial charge on any atom is 0.208 e. The van der Waals surface area contributed by atoms with E-state index in [-0.39, 0.29) is 4.99 Å². The Morgan fingerprint density at radius 2 is 2.50 bits per heavy atom. The van der Waals surface area contributed by atoms with Crippen molar-refractivity contribution in [1.82, 2.24) is 24.4 Å². The van der Waals surface area contributed by atoms with E-state index in [9.17, 15) is 0 Å². The van der Waals surface area contributed by atoms with Gasteiger partial charge in [-0.05, 0) is 11.5 Å². The number of nitrogens with zero attached hydrogens (tertiary/aromatic N) is 5. The minimum Gasteiger partial charge on any atom is -0.387 e. The lowest BCUT2D eigenvalue weighted by molar-refractivity contribution is 0.667. The second kappa shape index (κ2) is 3.76. The van der Waals surface area contributed by atoms with Crippen LogP contribution in [0, 0.1) is 0 Å². The summed E-state index contributed by atoms with van der Waals surface area (Å²) in [5.74, 6) is 0.378. The molecule has 2 aromatic rings. The van der Waals surface area contributed by atoms with E-state index >= 15 is 0 Å². The molecule has 0 bridgehead atoms. The summed E-state index contributed by atoms with van der Waals surface area (Å²) in [6.45, 7) is 0.534. The summed E-state index contributed by atoms with van der Waals surface area (Å²) >= 11 is 6.04. The highest BCUT2D eigenvalue weighted by Gasteiger charge is 2.04. The van der Waals surface area contributed by atoms with E-state index in [1.807, 2.05) is 5.38 Å². The van der Waals surface area contributed by atoms with Crippen LogP contribution in [0.2, 0.25) is 0 Å². The van der Waals surface area contributed by atoms with E-state index in [2.05, 4.69) is 19.7 Å². The zero-order chi connectivity index (χ0) is 9.97. The Bertz CT molecular complexity index is 433. The molecule has 0 saturated carbocycles. The highest BCUT2D eigenvalue weighted by molar-refractivity contribution is 7.80. The van der Waals surface area contributed by atoms with Gasteiger partial charge in [-0.3, -0.25) is 0 Å². The van der Waals surface area contributed by atoms with Gasteiger partial charge in [-0.25, -0.2) is 9.67 Å². The lowest BCUT2D eigenvalue weighted by Crippen LogP contribution is -2.12. The molecule has 0 aliphatic heterocycles. The van der Waals surface area contributed by atoms with Crippen molar-refractivity contribution in [2.45, 2.75) is 6.54 Å². The Morgan fingerprint density at radius 3 is 3.07 bits per heavy atom. The van der Waals surface area contributed by atoms with Crippen molar-refractivity contribution in [3.8, 4) is 0 Å². The third kappa shape index (κ3) is 1.91. The molecule has 2 heterocycles. The van der Waals surface area contributed by atoms with Crippen LogP contribution in [0.25, 0.3) is 0 Å². The van der Waals surface area contributed by atoms with E-state index in [1.54, 1.807) is 11.0 Å². The number of rotatable bonds is 3. The first kappa shape index (κ1) is 9.16. The molecule has 6 nitrogen and oxygen atoms in total. The molecule has 0 aromatic carbocycles. The topological polar surface area (TPSA) is 82.5 Å². The molecule has 0 amide bonds. The van der Waals surface area contributed by atoms with Gasteiger partial charge in [0, 0.05) is 5.38 Å². The first-order valence-electron chi connectivity index (χ1n) is 3.71. The van der Waals surface area contributed by atoms with Crippen LogP contribution in [0.1, 0.15) is 11.5 Å². The van der Waals surface area contributed by atoms with Gasteiger partial charge in [-0.1, -0.05) is 16.7 Å². The molecular weight excluding hydrogens is 220 g/mol. The second-order valence-electron chi connectivity index (χ2n) is 2.53. The molecule has 0 radical (unpaired) electrons. The van der Waals surface area contributed by atoms with Crippen molar-refractivity contribution >= 4 is 28.7 Å². The highest BCUT2D eigenvalue weighted by Crippen LogP contribution is 1.99. The van der Waals surface area contributed by atoms with Crippen molar-refractivity contribution in [3.63, 3.8) is 0 Å². The Morgan fingerprint density at radius 1 is 1.64 bits per heavy atom. The Kier molecular flexibility index (Phi) is 2.46. The summed E-state index contributed by atoms with van der Waals surface area (Å²) in [6.07, 6.45) is 1.56. The Labute approximate surface area is 88.9 Å². The van der Waals surface area contributed by atoms with Crippen LogP contribution in [-0.2, 0) is 6.54 Å². The minimum absolute atomic E-state index is 0.195. The lowest BCUT2D eigenvalue weighted by atomic mass is 10.5. The molecule has 0 spiro atoms. The monoisotopic (exact) mass is 226 g/mol. The van der Waals surface area contributed by atoms with Crippen LogP contribution in [-0.4, -0.2) is 29.3 Å². The average Bonchev–Trinajstić information content (AvgIpc) is 2.75. The number of hydrogen-bond acceptors (Lipinski definition) is 6. The molecule has 0 fully saturated rings. The maximum atomic E-state index is 5.37. The summed E-state index contributed by atoms with van der Waals surface area (Å²) in [4.78, 5) is 4.13. The standard InChI is InChI=1S/C6H6N6S2/c7-5(13)6-8-3-12(10-6)1-4-2-14-11-9-4/h2-3H,1H2,(H2,7,13). The van der Waals surface area contributed by atoms with Gasteiger partial charge in [0.1, 0.15) is 11.3 Å². The first-order valence-corrected chi connectivity index (χ1v) is 4.95. The van der Waals surface area contributed by atoms with Gasteiger partial charge in [0.25, 0.3) is 0 Å². The van der Waals surface area contributed by atoms with E-state index in [0.29, 0.717) is 12.4 Å². The molecule has 2 rings (SSSR count). The largest absolute Gasteiger partial charge is 0.387 e. The van der Waals surface area contributed by atoms with Gasteiger partial charge in [-0.2, -0.15) is 0 Å². The van der Waals surface area contributed by atoms with Crippen molar-refractivity contribution < 1.29 is 0 Å². The lowest BCUT2D eigenvalue weighted by Gasteiger charge is -1.93. The summed E-state index contributed by atoms with van der Waals surface area (Å²) in [7, 11) is 0. The quantitative estimate of drug-likeness (QED) is 0.731. The van der Waals surface area contributed by atoms with Gasteiger partial charge < -0.3 is 5.73 Å². The van der Waals surface area contributed by atoms with Crippen LogP contribution in [0.3, 0.4) is 0 Å². The zero-order valence-corrected chi connectivity index (χ0v) is 8.62. The normalized spacial score (nSPS) is 10.3.